The number of rotatable bonds is 6. The average molecular weight is 528 g/mol. The van der Waals surface area contributed by atoms with Crippen LogP contribution >= 0.6 is 0 Å². The zero-order valence-corrected chi connectivity index (χ0v) is 19.8. The van der Waals surface area contributed by atoms with Crippen molar-refractivity contribution in [2.45, 2.75) is 26.9 Å². The molecule has 3 rings (SSSR count). The third kappa shape index (κ3) is 5.40. The fourth-order valence-electron chi connectivity index (χ4n) is 3.55. The van der Waals surface area contributed by atoms with Crippen molar-refractivity contribution >= 4 is 17.6 Å². The summed E-state index contributed by atoms with van der Waals surface area (Å²) in [4.78, 5) is 12.0. The van der Waals surface area contributed by atoms with Crippen molar-refractivity contribution in [3.63, 3.8) is 0 Å². The molecule has 0 saturated heterocycles. The number of hydrogen-bond acceptors (Lipinski definition) is 3. The molecule has 0 amide bonds. The lowest BCUT2D eigenvalue weighted by Gasteiger charge is -2.16. The van der Waals surface area contributed by atoms with Gasteiger partial charge in [0.05, 0.1) is 12.7 Å². The lowest BCUT2D eigenvalue weighted by Crippen LogP contribution is -2.15. The van der Waals surface area contributed by atoms with E-state index < -0.39 is 52.5 Å². The Kier molecular flexibility index (Phi) is 7.56. The summed E-state index contributed by atoms with van der Waals surface area (Å²) in [5.41, 5.74) is 0.192. The second kappa shape index (κ2) is 10.2. The summed E-state index contributed by atoms with van der Waals surface area (Å²) in [5, 5.41) is 9.77. The van der Waals surface area contributed by atoms with Gasteiger partial charge in [-0.3, -0.25) is 0 Å². The molecule has 4 nitrogen and oxygen atoms in total. The van der Waals surface area contributed by atoms with Crippen LogP contribution in [0.3, 0.4) is 0 Å². The minimum absolute atomic E-state index is 0.109. The van der Waals surface area contributed by atoms with Gasteiger partial charge in [-0.25, -0.2) is 13.6 Å². The first kappa shape index (κ1) is 27.6. The monoisotopic (exact) mass is 528 g/mol. The van der Waals surface area contributed by atoms with E-state index in [0.717, 1.165) is 29.9 Å². The van der Waals surface area contributed by atoms with Gasteiger partial charge in [0.1, 0.15) is 5.56 Å². The number of carboxylic acids is 1. The Morgan fingerprint density at radius 2 is 1.41 bits per heavy atom. The first-order valence-corrected chi connectivity index (χ1v) is 10.5. The maximum absolute atomic E-state index is 14.4. The predicted molar refractivity (Wildman–Crippen MR) is 121 cm³/mol. The van der Waals surface area contributed by atoms with Crippen LogP contribution < -0.4 is 9.47 Å². The molecular weight excluding hydrogens is 509 g/mol. The molecule has 0 radical (unpaired) electrons. The zero-order chi connectivity index (χ0) is 27.8. The Balaban J connectivity index is 2.15. The smallest absolute Gasteiger partial charge is 0.422 e. The van der Waals surface area contributed by atoms with Crippen molar-refractivity contribution in [3.05, 3.63) is 87.0 Å². The molecular formula is C26H19F7O4. The lowest BCUT2D eigenvalue weighted by molar-refractivity contribution is -0.143. The third-order valence-corrected chi connectivity index (χ3v) is 5.69. The molecule has 0 aliphatic carbocycles. The van der Waals surface area contributed by atoms with Gasteiger partial charge in [0.25, 0.3) is 0 Å². The first-order chi connectivity index (χ1) is 17.2. The summed E-state index contributed by atoms with van der Waals surface area (Å²) in [7, 11) is 1.12. The Hall–Kier alpha value is -4.02. The van der Waals surface area contributed by atoms with Crippen LogP contribution in [0.1, 0.15) is 33.4 Å². The van der Waals surface area contributed by atoms with Crippen LogP contribution in [-0.4, -0.2) is 18.2 Å². The molecule has 37 heavy (non-hydrogen) atoms. The topological polar surface area (TPSA) is 55.8 Å². The van der Waals surface area contributed by atoms with E-state index in [9.17, 15) is 40.6 Å². The standard InChI is InChI=1S/C26H19F7O4/c1-11-7-15(8-12(2)13(11)3)16(25(34)35)9-14-5-6-17(36-4)18(10-14)37-24-22(29)20(27)19(26(31,32)33)21(28)23(24)30/h5-10H,1-4H3,(H,34,35)/b16-9+. The SMILES string of the molecule is COc1ccc(/C=C(/C(=O)O)c2cc(C)c(C)c(C)c2)cc1Oc1c(F)c(F)c(C(F)(F)F)c(F)c1F. The molecule has 0 saturated carbocycles. The van der Waals surface area contributed by atoms with E-state index in [1.54, 1.807) is 26.0 Å². The Labute approximate surface area is 206 Å². The van der Waals surface area contributed by atoms with Crippen molar-refractivity contribution in [1.29, 1.82) is 0 Å². The van der Waals surface area contributed by atoms with Crippen molar-refractivity contribution < 1.29 is 50.1 Å². The summed E-state index contributed by atoms with van der Waals surface area (Å²) in [5.74, 6) is -14.0. The van der Waals surface area contributed by atoms with Gasteiger partial charge >= 0.3 is 12.1 Å². The van der Waals surface area contributed by atoms with Crippen molar-refractivity contribution in [1.82, 2.24) is 0 Å². The summed E-state index contributed by atoms with van der Waals surface area (Å²) < 4.78 is 105. The molecule has 0 aliphatic rings. The Bertz CT molecular complexity index is 1370. The van der Waals surface area contributed by atoms with Crippen LogP contribution in [0.4, 0.5) is 30.7 Å². The molecule has 0 heterocycles. The number of carbonyl (C=O) groups is 1. The molecule has 0 aliphatic heterocycles. The number of benzene rings is 3. The summed E-state index contributed by atoms with van der Waals surface area (Å²) >= 11 is 0. The van der Waals surface area contributed by atoms with E-state index in [2.05, 4.69) is 0 Å². The van der Waals surface area contributed by atoms with Gasteiger partial charge in [-0.05, 0) is 66.8 Å². The molecule has 0 unspecified atom stereocenters. The van der Waals surface area contributed by atoms with E-state index in [1.807, 2.05) is 6.92 Å². The van der Waals surface area contributed by atoms with E-state index in [-0.39, 0.29) is 16.9 Å². The van der Waals surface area contributed by atoms with Crippen molar-refractivity contribution in [3.8, 4) is 17.2 Å². The summed E-state index contributed by atoms with van der Waals surface area (Å²) in [6, 6.07) is 6.92. The van der Waals surface area contributed by atoms with Gasteiger partial charge in [0, 0.05) is 0 Å². The zero-order valence-electron chi connectivity index (χ0n) is 19.8. The largest absolute Gasteiger partial charge is 0.493 e. The van der Waals surface area contributed by atoms with Crippen LogP contribution in [0.15, 0.2) is 30.3 Å². The fourth-order valence-corrected chi connectivity index (χ4v) is 3.55. The normalized spacial score (nSPS) is 12.0. The van der Waals surface area contributed by atoms with E-state index in [0.29, 0.717) is 5.56 Å². The molecule has 3 aromatic carbocycles. The lowest BCUT2D eigenvalue weighted by atomic mass is 9.95. The number of aryl methyl sites for hydroxylation is 2. The average Bonchev–Trinajstić information content (AvgIpc) is 2.81. The van der Waals surface area contributed by atoms with Gasteiger partial charge in [-0.15, -0.1) is 0 Å². The first-order valence-electron chi connectivity index (χ1n) is 10.5. The number of methoxy groups -OCH3 is 1. The highest BCUT2D eigenvalue weighted by Crippen LogP contribution is 2.42. The van der Waals surface area contributed by atoms with Crippen LogP contribution in [-0.2, 0) is 11.0 Å². The highest BCUT2D eigenvalue weighted by Gasteiger charge is 2.43. The number of hydrogen-bond donors (Lipinski definition) is 1. The number of carboxylic acid groups (broad SMARTS) is 1. The van der Waals surface area contributed by atoms with E-state index >= 15 is 0 Å². The predicted octanol–water partition coefficient (Wildman–Crippen LogP) is 7.61. The van der Waals surface area contributed by atoms with Crippen LogP contribution in [0.25, 0.3) is 11.6 Å². The molecule has 0 bridgehead atoms. The van der Waals surface area contributed by atoms with Crippen LogP contribution in [0, 0.1) is 44.0 Å². The van der Waals surface area contributed by atoms with Crippen molar-refractivity contribution in [2.75, 3.05) is 7.11 Å². The van der Waals surface area contributed by atoms with E-state index in [4.69, 9.17) is 9.47 Å². The number of ether oxygens (including phenoxy) is 2. The minimum Gasteiger partial charge on any atom is -0.493 e. The van der Waals surface area contributed by atoms with Gasteiger partial charge in [-0.2, -0.15) is 22.0 Å². The summed E-state index contributed by atoms with van der Waals surface area (Å²) in [6.07, 6.45) is -4.50. The minimum atomic E-state index is -5.71. The van der Waals surface area contributed by atoms with E-state index in [1.165, 1.54) is 18.2 Å². The maximum Gasteiger partial charge on any atom is 0.422 e. The highest BCUT2D eigenvalue weighted by atomic mass is 19.4. The molecule has 3 aromatic rings. The molecule has 0 atom stereocenters. The molecule has 0 spiro atoms. The molecule has 1 N–H and O–H groups in total. The van der Waals surface area contributed by atoms with Gasteiger partial charge in [0.15, 0.2) is 23.1 Å². The fraction of sp³-hybridized carbons (Fsp3) is 0.192. The van der Waals surface area contributed by atoms with Crippen LogP contribution in [0.5, 0.6) is 17.2 Å². The Morgan fingerprint density at radius 1 is 0.865 bits per heavy atom. The number of alkyl halides is 3. The van der Waals surface area contributed by atoms with Gasteiger partial charge in [-0.1, -0.05) is 18.2 Å². The Morgan fingerprint density at radius 3 is 1.86 bits per heavy atom. The van der Waals surface area contributed by atoms with Crippen LogP contribution in [0.2, 0.25) is 0 Å². The number of halogens is 7. The summed E-state index contributed by atoms with van der Waals surface area (Å²) in [6.45, 7) is 5.48. The third-order valence-electron chi connectivity index (χ3n) is 5.69. The van der Waals surface area contributed by atoms with Gasteiger partial charge in [0.2, 0.25) is 17.4 Å². The number of aliphatic carboxylic acids is 1. The molecule has 196 valence electrons. The van der Waals surface area contributed by atoms with Gasteiger partial charge < -0.3 is 14.6 Å². The highest BCUT2D eigenvalue weighted by molar-refractivity contribution is 6.20. The second-order valence-electron chi connectivity index (χ2n) is 8.07. The molecule has 11 heteroatoms. The maximum atomic E-state index is 14.4. The molecule has 0 fully saturated rings. The molecule has 0 aromatic heterocycles. The van der Waals surface area contributed by atoms with Crippen molar-refractivity contribution in [2.24, 2.45) is 0 Å². The quantitative estimate of drug-likeness (QED) is 0.155. The second-order valence-corrected chi connectivity index (χ2v) is 8.07.